The zero-order chi connectivity index (χ0) is 15.9. The molecule has 0 heterocycles. The molecule has 0 bridgehead atoms. The van der Waals surface area contributed by atoms with Crippen molar-refractivity contribution in [2.75, 3.05) is 24.5 Å². The van der Waals surface area contributed by atoms with E-state index in [-0.39, 0.29) is 0 Å². The highest BCUT2D eigenvalue weighted by Crippen LogP contribution is 2.30. The lowest BCUT2D eigenvalue weighted by atomic mass is 9.81. The summed E-state index contributed by atoms with van der Waals surface area (Å²) in [6.45, 7) is 16.9. The normalized spacial score (nSPS) is 12.0. The molecule has 21 heavy (non-hydrogen) atoms. The molecule has 0 aliphatic heterocycles. The Hall–Kier alpha value is -1.02. The highest BCUT2D eigenvalue weighted by Gasteiger charge is 2.29. The first kappa shape index (κ1) is 18.0. The van der Waals surface area contributed by atoms with Gasteiger partial charge in [-0.1, -0.05) is 45.9 Å². The van der Waals surface area contributed by atoms with Crippen molar-refractivity contribution in [3.8, 4) is 0 Å². The minimum atomic E-state index is 0.350. The zero-order valence-corrected chi connectivity index (χ0v) is 14.9. The molecule has 0 fully saturated rings. The van der Waals surface area contributed by atoms with Crippen LogP contribution in [-0.4, -0.2) is 25.7 Å². The molecule has 0 amide bonds. The van der Waals surface area contributed by atoms with Crippen molar-refractivity contribution in [3.05, 3.63) is 29.8 Å². The molecule has 2 heteroatoms. The maximum absolute atomic E-state index is 3.66. The van der Waals surface area contributed by atoms with Crippen LogP contribution in [0.25, 0.3) is 0 Å². The Kier molecular flexibility index (Phi) is 7.24. The van der Waals surface area contributed by atoms with Crippen molar-refractivity contribution in [2.24, 2.45) is 5.41 Å². The van der Waals surface area contributed by atoms with E-state index in [2.05, 4.69) is 76.0 Å². The Labute approximate surface area is 131 Å². The predicted octanol–water partition coefficient (Wildman–Crippen LogP) is 4.63. The average Bonchev–Trinajstić information content (AvgIpc) is 2.49. The SMILES string of the molecule is CCN(CC(CC)(CC)CNC(C)C)c1ccccc1C. The van der Waals surface area contributed by atoms with E-state index < -0.39 is 0 Å². The minimum absolute atomic E-state index is 0.350. The van der Waals surface area contributed by atoms with Crippen molar-refractivity contribution in [2.45, 2.75) is 60.4 Å². The van der Waals surface area contributed by atoms with Crippen LogP contribution in [0.4, 0.5) is 5.69 Å². The predicted molar refractivity (Wildman–Crippen MR) is 95.2 cm³/mol. The van der Waals surface area contributed by atoms with Gasteiger partial charge >= 0.3 is 0 Å². The molecule has 120 valence electrons. The third-order valence-electron chi connectivity index (χ3n) is 4.75. The van der Waals surface area contributed by atoms with Crippen LogP contribution in [0.15, 0.2) is 24.3 Å². The second-order valence-electron chi connectivity index (χ2n) is 6.54. The Balaban J connectivity index is 2.91. The number of hydrogen-bond acceptors (Lipinski definition) is 2. The lowest BCUT2D eigenvalue weighted by Gasteiger charge is -2.39. The Morgan fingerprint density at radius 3 is 2.19 bits per heavy atom. The molecule has 2 nitrogen and oxygen atoms in total. The lowest BCUT2D eigenvalue weighted by molar-refractivity contribution is 0.246. The van der Waals surface area contributed by atoms with Crippen molar-refractivity contribution in [1.29, 1.82) is 0 Å². The van der Waals surface area contributed by atoms with Crippen LogP contribution in [0.3, 0.4) is 0 Å². The van der Waals surface area contributed by atoms with Gasteiger partial charge in [0.25, 0.3) is 0 Å². The summed E-state index contributed by atoms with van der Waals surface area (Å²) in [7, 11) is 0. The average molecular weight is 290 g/mol. The number of hydrogen-bond donors (Lipinski definition) is 1. The van der Waals surface area contributed by atoms with Crippen LogP contribution in [0.1, 0.15) is 53.0 Å². The monoisotopic (exact) mass is 290 g/mol. The summed E-state index contributed by atoms with van der Waals surface area (Å²) in [5.74, 6) is 0. The van der Waals surface area contributed by atoms with Crippen LogP contribution >= 0.6 is 0 Å². The van der Waals surface area contributed by atoms with Gasteiger partial charge in [-0.3, -0.25) is 0 Å². The van der Waals surface area contributed by atoms with Gasteiger partial charge in [-0.05, 0) is 43.7 Å². The number of nitrogens with one attached hydrogen (secondary N) is 1. The molecule has 0 spiro atoms. The second kappa shape index (κ2) is 8.43. The molecule has 1 aromatic carbocycles. The van der Waals surface area contributed by atoms with E-state index in [1.165, 1.54) is 24.1 Å². The molecular formula is C19H34N2. The zero-order valence-electron chi connectivity index (χ0n) is 14.9. The third-order valence-corrected chi connectivity index (χ3v) is 4.75. The summed E-state index contributed by atoms with van der Waals surface area (Å²) in [6.07, 6.45) is 2.43. The summed E-state index contributed by atoms with van der Waals surface area (Å²) in [5.41, 5.74) is 3.11. The minimum Gasteiger partial charge on any atom is -0.371 e. The second-order valence-corrected chi connectivity index (χ2v) is 6.54. The van der Waals surface area contributed by atoms with E-state index in [9.17, 15) is 0 Å². The maximum atomic E-state index is 3.66. The van der Waals surface area contributed by atoms with Gasteiger partial charge in [-0.25, -0.2) is 0 Å². The van der Waals surface area contributed by atoms with Gasteiger partial charge in [-0.15, -0.1) is 0 Å². The molecule has 0 saturated heterocycles. The van der Waals surface area contributed by atoms with Crippen LogP contribution in [-0.2, 0) is 0 Å². The largest absolute Gasteiger partial charge is 0.371 e. The van der Waals surface area contributed by atoms with E-state index in [1.807, 2.05) is 0 Å². The van der Waals surface area contributed by atoms with Crippen molar-refractivity contribution in [1.82, 2.24) is 5.32 Å². The highest BCUT2D eigenvalue weighted by atomic mass is 15.1. The van der Waals surface area contributed by atoms with Crippen LogP contribution in [0.2, 0.25) is 0 Å². The van der Waals surface area contributed by atoms with E-state index in [0.29, 0.717) is 11.5 Å². The number of benzene rings is 1. The van der Waals surface area contributed by atoms with Crippen LogP contribution in [0, 0.1) is 12.3 Å². The Morgan fingerprint density at radius 2 is 1.71 bits per heavy atom. The first-order valence-electron chi connectivity index (χ1n) is 8.52. The molecule has 0 aliphatic rings. The Bertz CT molecular complexity index is 408. The van der Waals surface area contributed by atoms with E-state index in [0.717, 1.165) is 19.6 Å². The van der Waals surface area contributed by atoms with Gasteiger partial charge in [0.2, 0.25) is 0 Å². The van der Waals surface area contributed by atoms with Gasteiger partial charge in [0.05, 0.1) is 0 Å². The van der Waals surface area contributed by atoms with Crippen molar-refractivity contribution >= 4 is 5.69 Å². The first-order chi connectivity index (χ1) is 9.98. The van der Waals surface area contributed by atoms with E-state index in [1.54, 1.807) is 0 Å². The number of aryl methyl sites for hydroxylation is 1. The van der Waals surface area contributed by atoms with Gasteiger partial charge in [0.1, 0.15) is 0 Å². The smallest absolute Gasteiger partial charge is 0.0396 e. The number of anilines is 1. The van der Waals surface area contributed by atoms with Gasteiger partial charge in [0.15, 0.2) is 0 Å². The van der Waals surface area contributed by atoms with Gasteiger partial charge in [-0.2, -0.15) is 0 Å². The summed E-state index contributed by atoms with van der Waals surface area (Å²) in [5, 5.41) is 3.66. The summed E-state index contributed by atoms with van der Waals surface area (Å²) in [4.78, 5) is 2.55. The fourth-order valence-electron chi connectivity index (χ4n) is 2.89. The van der Waals surface area contributed by atoms with Crippen molar-refractivity contribution < 1.29 is 0 Å². The molecule has 0 atom stereocenters. The van der Waals surface area contributed by atoms with Crippen LogP contribution in [0.5, 0.6) is 0 Å². The molecule has 1 aromatic rings. The fourth-order valence-corrected chi connectivity index (χ4v) is 2.89. The maximum Gasteiger partial charge on any atom is 0.0396 e. The molecule has 0 aliphatic carbocycles. The molecule has 1 N–H and O–H groups in total. The molecule has 1 rings (SSSR count). The van der Waals surface area contributed by atoms with Crippen LogP contribution < -0.4 is 10.2 Å². The van der Waals surface area contributed by atoms with Gasteiger partial charge < -0.3 is 10.2 Å². The molecule has 0 aromatic heterocycles. The summed E-state index contributed by atoms with van der Waals surface area (Å²) >= 11 is 0. The fraction of sp³-hybridized carbons (Fsp3) is 0.684. The number of rotatable bonds is 9. The van der Waals surface area contributed by atoms with E-state index >= 15 is 0 Å². The summed E-state index contributed by atoms with van der Waals surface area (Å²) in [6, 6.07) is 9.29. The topological polar surface area (TPSA) is 15.3 Å². The number of para-hydroxylation sites is 1. The first-order valence-corrected chi connectivity index (χ1v) is 8.52. The van der Waals surface area contributed by atoms with E-state index in [4.69, 9.17) is 0 Å². The quantitative estimate of drug-likeness (QED) is 0.713. The number of nitrogens with zero attached hydrogens (tertiary/aromatic N) is 1. The molecule has 0 unspecified atom stereocenters. The highest BCUT2D eigenvalue weighted by molar-refractivity contribution is 5.53. The Morgan fingerprint density at radius 1 is 1.10 bits per heavy atom. The van der Waals surface area contributed by atoms with Crippen molar-refractivity contribution in [3.63, 3.8) is 0 Å². The van der Waals surface area contributed by atoms with Gasteiger partial charge in [0, 0.05) is 31.4 Å². The molecule has 0 radical (unpaired) electrons. The molecular weight excluding hydrogens is 256 g/mol. The lowest BCUT2D eigenvalue weighted by Crippen LogP contribution is -2.45. The standard InChI is InChI=1S/C19H34N2/c1-7-19(8-2,14-20-16(4)5)15-21(9-3)18-13-11-10-12-17(18)6/h10-13,16,20H,7-9,14-15H2,1-6H3. The molecule has 0 saturated carbocycles. The summed E-state index contributed by atoms with van der Waals surface area (Å²) < 4.78 is 0. The third kappa shape index (κ3) is 5.03.